The van der Waals surface area contributed by atoms with Crippen LogP contribution in [0.2, 0.25) is 0 Å². The van der Waals surface area contributed by atoms with Crippen LogP contribution in [0, 0.1) is 0 Å². The number of rotatable bonds is 3. The molecule has 1 saturated carbocycles. The molecule has 0 bridgehead atoms. The normalized spacial score (nSPS) is 14.7. The fourth-order valence-corrected chi connectivity index (χ4v) is 2.00. The summed E-state index contributed by atoms with van der Waals surface area (Å²) in [6.07, 6.45) is 2.17. The van der Waals surface area contributed by atoms with Gasteiger partial charge in [0.05, 0.1) is 23.3 Å². The third-order valence-corrected chi connectivity index (χ3v) is 3.03. The monoisotopic (exact) mass is 242 g/mol. The van der Waals surface area contributed by atoms with Gasteiger partial charge in [-0.2, -0.15) is 0 Å². The maximum absolute atomic E-state index is 11.9. The van der Waals surface area contributed by atoms with E-state index >= 15 is 0 Å². The molecule has 3 rings (SSSR count). The zero-order valence-corrected chi connectivity index (χ0v) is 10.2. The van der Waals surface area contributed by atoms with Gasteiger partial charge in [0.2, 0.25) is 0 Å². The Hall–Kier alpha value is -1.97. The summed E-state index contributed by atoms with van der Waals surface area (Å²) in [6, 6.07) is 7.60. The highest BCUT2D eigenvalue weighted by Gasteiger charge is 2.31. The molecule has 0 radical (unpaired) electrons. The molecule has 1 heterocycles. The van der Waals surface area contributed by atoms with Gasteiger partial charge >= 0.3 is 5.97 Å². The van der Waals surface area contributed by atoms with Crippen LogP contribution in [0.5, 0.6) is 0 Å². The lowest BCUT2D eigenvalue weighted by Crippen LogP contribution is -2.12. The predicted octanol–water partition coefficient (Wildman–Crippen LogP) is 2.68. The first kappa shape index (κ1) is 11.1. The predicted molar refractivity (Wildman–Crippen MR) is 67.5 cm³/mol. The second-order valence-electron chi connectivity index (χ2n) is 4.44. The Kier molecular flexibility index (Phi) is 2.70. The molecule has 1 aliphatic rings. The first-order valence-corrected chi connectivity index (χ1v) is 6.23. The number of esters is 1. The highest BCUT2D eigenvalue weighted by Crippen LogP contribution is 2.40. The van der Waals surface area contributed by atoms with E-state index in [4.69, 9.17) is 4.74 Å². The van der Waals surface area contributed by atoms with Crippen molar-refractivity contribution in [2.75, 3.05) is 6.61 Å². The number of benzene rings is 1. The van der Waals surface area contributed by atoms with E-state index in [0.29, 0.717) is 18.2 Å². The summed E-state index contributed by atoms with van der Waals surface area (Å²) in [6.45, 7) is 2.15. The largest absolute Gasteiger partial charge is 0.461 e. The molecule has 0 saturated heterocycles. The summed E-state index contributed by atoms with van der Waals surface area (Å²) in [5, 5.41) is 0. The van der Waals surface area contributed by atoms with Crippen LogP contribution in [-0.4, -0.2) is 22.5 Å². The molecule has 0 unspecified atom stereocenters. The number of fused-ring (bicyclic) bond motifs is 1. The number of carbonyl (C=O) groups excluding carboxylic acids is 1. The number of hydrogen-bond donors (Lipinski definition) is 0. The second kappa shape index (κ2) is 4.37. The third-order valence-electron chi connectivity index (χ3n) is 3.03. The molecule has 0 aliphatic heterocycles. The van der Waals surface area contributed by atoms with E-state index in [1.807, 2.05) is 24.3 Å². The fourth-order valence-electron chi connectivity index (χ4n) is 2.00. The van der Waals surface area contributed by atoms with Gasteiger partial charge in [0.1, 0.15) is 0 Å². The number of nitrogens with zero attached hydrogens (tertiary/aromatic N) is 2. The van der Waals surface area contributed by atoms with Gasteiger partial charge in [0.15, 0.2) is 5.69 Å². The lowest BCUT2D eigenvalue weighted by Gasteiger charge is -2.08. The van der Waals surface area contributed by atoms with Crippen LogP contribution in [0.3, 0.4) is 0 Å². The molecule has 1 fully saturated rings. The molecule has 18 heavy (non-hydrogen) atoms. The number of carbonyl (C=O) groups is 1. The molecule has 0 atom stereocenters. The van der Waals surface area contributed by atoms with Crippen LogP contribution >= 0.6 is 0 Å². The number of para-hydroxylation sites is 2. The van der Waals surface area contributed by atoms with Crippen molar-refractivity contribution in [3.63, 3.8) is 0 Å². The van der Waals surface area contributed by atoms with Crippen molar-refractivity contribution >= 4 is 17.0 Å². The van der Waals surface area contributed by atoms with Crippen molar-refractivity contribution < 1.29 is 9.53 Å². The zero-order chi connectivity index (χ0) is 12.5. The first-order valence-electron chi connectivity index (χ1n) is 6.23. The quantitative estimate of drug-likeness (QED) is 0.776. The smallest absolute Gasteiger partial charge is 0.358 e. The van der Waals surface area contributed by atoms with E-state index in [9.17, 15) is 4.79 Å². The van der Waals surface area contributed by atoms with Crippen LogP contribution < -0.4 is 0 Å². The average molecular weight is 242 g/mol. The Morgan fingerprint density at radius 1 is 1.28 bits per heavy atom. The minimum atomic E-state index is -0.363. The number of hydrogen-bond acceptors (Lipinski definition) is 4. The summed E-state index contributed by atoms with van der Waals surface area (Å²) in [4.78, 5) is 20.9. The van der Waals surface area contributed by atoms with Gasteiger partial charge in [-0.3, -0.25) is 0 Å². The van der Waals surface area contributed by atoms with E-state index < -0.39 is 0 Å². The van der Waals surface area contributed by atoms with E-state index in [1.165, 1.54) is 0 Å². The zero-order valence-electron chi connectivity index (χ0n) is 10.2. The Balaban J connectivity index is 2.14. The van der Waals surface area contributed by atoms with Crippen LogP contribution in [0.15, 0.2) is 24.3 Å². The Bertz CT molecular complexity index is 606. The molecular weight excluding hydrogens is 228 g/mol. The van der Waals surface area contributed by atoms with Gasteiger partial charge in [-0.25, -0.2) is 14.8 Å². The Labute approximate surface area is 105 Å². The van der Waals surface area contributed by atoms with E-state index in [1.54, 1.807) is 6.92 Å². The van der Waals surface area contributed by atoms with Crippen molar-refractivity contribution in [1.29, 1.82) is 0 Å². The third kappa shape index (κ3) is 1.94. The molecule has 1 aliphatic carbocycles. The SMILES string of the molecule is CCOC(=O)c1nc2ccccc2nc1C1CC1. The van der Waals surface area contributed by atoms with Crippen molar-refractivity contribution in [3.8, 4) is 0 Å². The van der Waals surface area contributed by atoms with Gasteiger partial charge in [0, 0.05) is 5.92 Å². The minimum Gasteiger partial charge on any atom is -0.461 e. The van der Waals surface area contributed by atoms with E-state index in [2.05, 4.69) is 9.97 Å². The molecule has 2 aromatic rings. The lowest BCUT2D eigenvalue weighted by atomic mass is 10.2. The minimum absolute atomic E-state index is 0.359. The summed E-state index contributed by atoms with van der Waals surface area (Å²) in [5.74, 6) is 0.0131. The van der Waals surface area contributed by atoms with Gasteiger partial charge in [0.25, 0.3) is 0 Å². The van der Waals surface area contributed by atoms with Gasteiger partial charge in [-0.15, -0.1) is 0 Å². The number of aromatic nitrogens is 2. The Morgan fingerprint density at radius 2 is 1.94 bits per heavy atom. The molecule has 92 valence electrons. The average Bonchev–Trinajstić information content (AvgIpc) is 3.22. The second-order valence-corrected chi connectivity index (χ2v) is 4.44. The molecule has 4 nitrogen and oxygen atoms in total. The number of ether oxygens (including phenoxy) is 1. The fraction of sp³-hybridized carbons (Fsp3) is 0.357. The van der Waals surface area contributed by atoms with E-state index in [0.717, 1.165) is 29.6 Å². The topological polar surface area (TPSA) is 52.1 Å². The van der Waals surface area contributed by atoms with Crippen molar-refractivity contribution in [2.24, 2.45) is 0 Å². The molecule has 1 aromatic carbocycles. The van der Waals surface area contributed by atoms with Gasteiger partial charge in [-0.05, 0) is 31.9 Å². The van der Waals surface area contributed by atoms with Crippen molar-refractivity contribution in [3.05, 3.63) is 35.7 Å². The van der Waals surface area contributed by atoms with Crippen molar-refractivity contribution in [2.45, 2.75) is 25.7 Å². The standard InChI is InChI=1S/C14H14N2O2/c1-2-18-14(17)13-12(9-7-8-9)15-10-5-3-4-6-11(10)16-13/h3-6,9H,2,7-8H2,1H3. The van der Waals surface area contributed by atoms with Crippen LogP contribution in [0.4, 0.5) is 0 Å². The molecule has 4 heteroatoms. The van der Waals surface area contributed by atoms with Crippen LogP contribution in [0.1, 0.15) is 41.9 Å². The summed E-state index contributed by atoms with van der Waals surface area (Å²) in [5.41, 5.74) is 2.77. The highest BCUT2D eigenvalue weighted by molar-refractivity contribution is 5.91. The van der Waals surface area contributed by atoms with Gasteiger partial charge in [-0.1, -0.05) is 12.1 Å². The molecular formula is C14H14N2O2. The molecule has 1 aromatic heterocycles. The highest BCUT2D eigenvalue weighted by atomic mass is 16.5. The lowest BCUT2D eigenvalue weighted by molar-refractivity contribution is 0.0518. The molecule has 0 N–H and O–H groups in total. The van der Waals surface area contributed by atoms with E-state index in [-0.39, 0.29) is 5.97 Å². The maximum Gasteiger partial charge on any atom is 0.358 e. The summed E-state index contributed by atoms with van der Waals surface area (Å²) in [7, 11) is 0. The van der Waals surface area contributed by atoms with Gasteiger partial charge < -0.3 is 4.74 Å². The molecule has 0 amide bonds. The summed E-state index contributed by atoms with van der Waals surface area (Å²) >= 11 is 0. The van der Waals surface area contributed by atoms with Crippen LogP contribution in [0.25, 0.3) is 11.0 Å². The maximum atomic E-state index is 11.9. The molecule has 0 spiro atoms. The Morgan fingerprint density at radius 3 is 2.56 bits per heavy atom. The first-order chi connectivity index (χ1) is 8.79. The summed E-state index contributed by atoms with van der Waals surface area (Å²) < 4.78 is 5.05. The van der Waals surface area contributed by atoms with Crippen molar-refractivity contribution in [1.82, 2.24) is 9.97 Å². The van der Waals surface area contributed by atoms with Crippen LogP contribution in [-0.2, 0) is 4.74 Å².